The maximum atomic E-state index is 3.92. The smallest absolute Gasteiger partial charge is 0.0304 e. The summed E-state index contributed by atoms with van der Waals surface area (Å²) >= 11 is 0. The number of nitrogens with one attached hydrogen (secondary N) is 1. The van der Waals surface area contributed by atoms with Crippen LogP contribution in [0.1, 0.15) is 46.0 Å². The number of rotatable bonds is 4. The van der Waals surface area contributed by atoms with Gasteiger partial charge < -0.3 is 5.32 Å². The van der Waals surface area contributed by atoms with E-state index >= 15 is 0 Å². The van der Waals surface area contributed by atoms with Gasteiger partial charge in [-0.2, -0.15) is 0 Å². The fourth-order valence-corrected chi connectivity index (χ4v) is 4.82. The molecular formula is C16H27N. The molecule has 4 aliphatic carbocycles. The van der Waals surface area contributed by atoms with Crippen molar-refractivity contribution in [2.75, 3.05) is 6.54 Å². The van der Waals surface area contributed by atoms with Crippen LogP contribution in [0.4, 0.5) is 0 Å². The Morgan fingerprint density at radius 3 is 2.06 bits per heavy atom. The van der Waals surface area contributed by atoms with Crippen LogP contribution >= 0.6 is 0 Å². The zero-order valence-electron chi connectivity index (χ0n) is 11.4. The molecule has 0 aliphatic heterocycles. The molecule has 0 unspecified atom stereocenters. The summed E-state index contributed by atoms with van der Waals surface area (Å²) in [6, 6.07) is 0. The lowest BCUT2D eigenvalue weighted by Gasteiger charge is -2.55. The number of hydrogen-bond donors (Lipinski definition) is 1. The van der Waals surface area contributed by atoms with Crippen LogP contribution in [0.2, 0.25) is 0 Å². The summed E-state index contributed by atoms with van der Waals surface area (Å²) in [5.41, 5.74) is 0.106. The molecule has 4 saturated carbocycles. The fraction of sp³-hybridized carbons (Fsp3) is 0.875. The van der Waals surface area contributed by atoms with E-state index in [2.05, 4.69) is 25.7 Å². The molecular weight excluding hydrogens is 206 g/mol. The molecule has 0 aromatic heterocycles. The maximum absolute atomic E-state index is 3.92. The topological polar surface area (TPSA) is 12.0 Å². The first-order valence-electron chi connectivity index (χ1n) is 7.46. The molecule has 1 nitrogen and oxygen atoms in total. The maximum Gasteiger partial charge on any atom is 0.0304 e. The van der Waals surface area contributed by atoms with Crippen LogP contribution in [0, 0.1) is 29.6 Å². The Labute approximate surface area is 106 Å². The van der Waals surface area contributed by atoms with Crippen LogP contribution in [0.5, 0.6) is 0 Å². The highest BCUT2D eigenvalue weighted by molar-refractivity contribution is 5.01. The molecule has 17 heavy (non-hydrogen) atoms. The van der Waals surface area contributed by atoms with E-state index in [9.17, 15) is 0 Å². The standard InChI is InChI=1S/C16H27N/c1-4-16(2,3)17-10-15-13-6-11-5-12(8-13)9-14(15)7-11/h4,11-15,17H,1,5-10H2,2-3H3. The third kappa shape index (κ3) is 2.19. The average Bonchev–Trinajstić information content (AvgIpc) is 2.27. The predicted molar refractivity (Wildman–Crippen MR) is 72.8 cm³/mol. The van der Waals surface area contributed by atoms with Gasteiger partial charge in [-0.3, -0.25) is 0 Å². The third-order valence-electron chi connectivity index (χ3n) is 5.73. The highest BCUT2D eigenvalue weighted by atomic mass is 15.0. The van der Waals surface area contributed by atoms with E-state index in [0.717, 1.165) is 29.6 Å². The highest BCUT2D eigenvalue weighted by Gasteiger charge is 2.47. The van der Waals surface area contributed by atoms with Crippen molar-refractivity contribution in [3.8, 4) is 0 Å². The third-order valence-corrected chi connectivity index (χ3v) is 5.73. The Balaban J connectivity index is 1.63. The van der Waals surface area contributed by atoms with Crippen LogP contribution in [0.3, 0.4) is 0 Å². The molecule has 0 heterocycles. The Morgan fingerprint density at radius 2 is 1.59 bits per heavy atom. The molecule has 0 aromatic carbocycles. The highest BCUT2D eigenvalue weighted by Crippen LogP contribution is 2.56. The van der Waals surface area contributed by atoms with Gasteiger partial charge in [0.1, 0.15) is 0 Å². The lowest BCUT2D eigenvalue weighted by Crippen LogP contribution is -2.51. The Kier molecular flexibility index (Phi) is 2.85. The zero-order chi connectivity index (χ0) is 12.0. The van der Waals surface area contributed by atoms with Crippen LogP contribution in [-0.4, -0.2) is 12.1 Å². The first-order valence-corrected chi connectivity index (χ1v) is 7.46. The Hall–Kier alpha value is -0.300. The Morgan fingerprint density at radius 1 is 1.06 bits per heavy atom. The monoisotopic (exact) mass is 233 g/mol. The molecule has 4 bridgehead atoms. The van der Waals surface area contributed by atoms with Gasteiger partial charge in [0.2, 0.25) is 0 Å². The minimum atomic E-state index is 0.106. The molecule has 0 aromatic rings. The summed E-state index contributed by atoms with van der Waals surface area (Å²) < 4.78 is 0. The summed E-state index contributed by atoms with van der Waals surface area (Å²) in [6.45, 7) is 9.61. The van der Waals surface area contributed by atoms with E-state index < -0.39 is 0 Å². The van der Waals surface area contributed by atoms with Gasteiger partial charge in [0, 0.05) is 5.54 Å². The summed E-state index contributed by atoms with van der Waals surface area (Å²) in [7, 11) is 0. The summed E-state index contributed by atoms with van der Waals surface area (Å²) in [4.78, 5) is 0. The van der Waals surface area contributed by atoms with E-state index in [4.69, 9.17) is 0 Å². The van der Waals surface area contributed by atoms with Crippen molar-refractivity contribution in [1.29, 1.82) is 0 Å². The van der Waals surface area contributed by atoms with Gasteiger partial charge in [-0.05, 0) is 82.1 Å². The van der Waals surface area contributed by atoms with Crippen molar-refractivity contribution in [3.63, 3.8) is 0 Å². The van der Waals surface area contributed by atoms with E-state index in [1.165, 1.54) is 32.2 Å². The van der Waals surface area contributed by atoms with Gasteiger partial charge in [0.05, 0.1) is 0 Å². The van der Waals surface area contributed by atoms with E-state index in [1.807, 2.05) is 6.08 Å². The van der Waals surface area contributed by atoms with Crippen molar-refractivity contribution in [3.05, 3.63) is 12.7 Å². The quantitative estimate of drug-likeness (QED) is 0.731. The van der Waals surface area contributed by atoms with Gasteiger partial charge >= 0.3 is 0 Å². The minimum absolute atomic E-state index is 0.106. The van der Waals surface area contributed by atoms with E-state index in [0.29, 0.717) is 0 Å². The van der Waals surface area contributed by atoms with Crippen LogP contribution in [0.25, 0.3) is 0 Å². The molecule has 0 saturated heterocycles. The molecule has 0 spiro atoms. The van der Waals surface area contributed by atoms with Gasteiger partial charge in [0.15, 0.2) is 0 Å². The Bertz CT molecular complexity index is 277. The van der Waals surface area contributed by atoms with Gasteiger partial charge in [-0.25, -0.2) is 0 Å². The SMILES string of the molecule is C=CC(C)(C)NCC1C2CC3CC(C2)CC1C3. The largest absolute Gasteiger partial charge is 0.308 e. The van der Waals surface area contributed by atoms with E-state index in [1.54, 1.807) is 6.42 Å². The average molecular weight is 233 g/mol. The second kappa shape index (κ2) is 4.12. The van der Waals surface area contributed by atoms with Crippen molar-refractivity contribution >= 4 is 0 Å². The zero-order valence-corrected chi connectivity index (χ0v) is 11.4. The molecule has 1 N–H and O–H groups in total. The second-order valence-corrected chi connectivity index (χ2v) is 7.40. The van der Waals surface area contributed by atoms with Crippen LogP contribution in [0.15, 0.2) is 12.7 Å². The van der Waals surface area contributed by atoms with Crippen LogP contribution in [-0.2, 0) is 0 Å². The minimum Gasteiger partial charge on any atom is -0.308 e. The lowest BCUT2D eigenvalue weighted by atomic mass is 9.52. The number of hydrogen-bond acceptors (Lipinski definition) is 1. The molecule has 0 radical (unpaired) electrons. The summed E-state index contributed by atoms with van der Waals surface area (Å²) in [5.74, 6) is 5.24. The molecule has 4 rings (SSSR count). The molecule has 0 atom stereocenters. The molecule has 4 aliphatic rings. The molecule has 1 heteroatoms. The van der Waals surface area contributed by atoms with E-state index in [-0.39, 0.29) is 5.54 Å². The van der Waals surface area contributed by atoms with Crippen molar-refractivity contribution in [1.82, 2.24) is 5.32 Å². The van der Waals surface area contributed by atoms with Crippen molar-refractivity contribution < 1.29 is 0 Å². The van der Waals surface area contributed by atoms with Gasteiger partial charge in [-0.15, -0.1) is 6.58 Å². The second-order valence-electron chi connectivity index (χ2n) is 7.40. The lowest BCUT2D eigenvalue weighted by molar-refractivity contribution is -0.0368. The first kappa shape index (κ1) is 11.8. The summed E-state index contributed by atoms with van der Waals surface area (Å²) in [5, 5.41) is 3.72. The molecule has 4 fully saturated rings. The summed E-state index contributed by atoms with van der Waals surface area (Å²) in [6.07, 6.45) is 9.75. The fourth-order valence-electron chi connectivity index (χ4n) is 4.82. The predicted octanol–water partition coefficient (Wildman–Crippen LogP) is 3.61. The molecule has 96 valence electrons. The molecule has 0 amide bonds. The normalized spacial score (nSPS) is 44.0. The van der Waals surface area contributed by atoms with Gasteiger partial charge in [0.25, 0.3) is 0 Å². The van der Waals surface area contributed by atoms with Crippen molar-refractivity contribution in [2.24, 2.45) is 29.6 Å². The van der Waals surface area contributed by atoms with Gasteiger partial charge in [-0.1, -0.05) is 6.08 Å². The van der Waals surface area contributed by atoms with Crippen molar-refractivity contribution in [2.45, 2.75) is 51.5 Å². The first-order chi connectivity index (χ1) is 8.07. The van der Waals surface area contributed by atoms with Crippen LogP contribution < -0.4 is 5.32 Å².